The number of nitrogens with one attached hydrogen (secondary N) is 1. The van der Waals surface area contributed by atoms with Gasteiger partial charge in [0.1, 0.15) is 5.69 Å². The monoisotopic (exact) mass is 313 g/mol. The summed E-state index contributed by atoms with van der Waals surface area (Å²) in [5, 5.41) is 2.98. The van der Waals surface area contributed by atoms with Crippen molar-refractivity contribution in [2.75, 3.05) is 13.6 Å². The number of aryl methyl sites for hydroxylation is 1. The average molecular weight is 313 g/mol. The molecule has 1 atom stereocenters. The first kappa shape index (κ1) is 15.3. The molecule has 6 heteroatoms. The molecule has 1 saturated heterocycles. The van der Waals surface area contributed by atoms with E-state index in [9.17, 15) is 9.59 Å². The van der Waals surface area contributed by atoms with Gasteiger partial charge in [0.25, 0.3) is 5.91 Å². The predicted molar refractivity (Wildman–Crippen MR) is 84.8 cm³/mol. The minimum atomic E-state index is -0.159. The summed E-state index contributed by atoms with van der Waals surface area (Å²) in [6, 6.07) is 7.14. The van der Waals surface area contributed by atoms with Crippen molar-refractivity contribution in [2.24, 2.45) is 0 Å². The van der Waals surface area contributed by atoms with Crippen LogP contribution in [0.15, 0.2) is 34.9 Å². The second-order valence-corrected chi connectivity index (χ2v) is 5.79. The summed E-state index contributed by atoms with van der Waals surface area (Å²) in [5.41, 5.74) is 1.89. The number of carbonyl (C=O) groups excluding carboxylic acids is 2. The number of rotatable bonds is 3. The molecule has 0 aliphatic carbocycles. The lowest BCUT2D eigenvalue weighted by Crippen LogP contribution is -2.48. The lowest BCUT2D eigenvalue weighted by molar-refractivity contribution is -0.132. The van der Waals surface area contributed by atoms with E-state index in [1.54, 1.807) is 43.3 Å². The van der Waals surface area contributed by atoms with Gasteiger partial charge in [0.15, 0.2) is 5.76 Å². The Kier molecular flexibility index (Phi) is 4.14. The maximum absolute atomic E-state index is 12.4. The predicted octanol–water partition coefficient (Wildman–Crippen LogP) is 2.00. The van der Waals surface area contributed by atoms with Crippen LogP contribution in [0.3, 0.4) is 0 Å². The fourth-order valence-corrected chi connectivity index (χ4v) is 2.76. The SMILES string of the molecule is Cc1nc(-c2ccco2)ccc1C(=O)N[C@H]1CCC(=O)N(C)C1. The fourth-order valence-electron chi connectivity index (χ4n) is 2.76. The molecule has 3 heterocycles. The van der Waals surface area contributed by atoms with Crippen LogP contribution in [0.2, 0.25) is 0 Å². The summed E-state index contributed by atoms with van der Waals surface area (Å²) in [7, 11) is 1.76. The molecule has 0 aromatic carbocycles. The highest BCUT2D eigenvalue weighted by atomic mass is 16.3. The van der Waals surface area contributed by atoms with Crippen molar-refractivity contribution >= 4 is 11.8 Å². The van der Waals surface area contributed by atoms with Crippen LogP contribution in [0.4, 0.5) is 0 Å². The Labute approximate surface area is 134 Å². The quantitative estimate of drug-likeness (QED) is 0.940. The summed E-state index contributed by atoms with van der Waals surface area (Å²) in [6.07, 6.45) is 2.73. The van der Waals surface area contributed by atoms with E-state index in [1.807, 2.05) is 6.07 Å². The number of piperidine rings is 1. The van der Waals surface area contributed by atoms with Gasteiger partial charge in [-0.1, -0.05) is 0 Å². The molecule has 23 heavy (non-hydrogen) atoms. The Morgan fingerprint density at radius 1 is 1.39 bits per heavy atom. The number of pyridine rings is 1. The maximum Gasteiger partial charge on any atom is 0.253 e. The summed E-state index contributed by atoms with van der Waals surface area (Å²) in [4.78, 5) is 30.0. The van der Waals surface area contributed by atoms with Gasteiger partial charge in [-0.2, -0.15) is 0 Å². The van der Waals surface area contributed by atoms with Crippen molar-refractivity contribution in [3.8, 4) is 11.5 Å². The normalized spacial score (nSPS) is 18.1. The van der Waals surface area contributed by atoms with Crippen molar-refractivity contribution in [1.29, 1.82) is 0 Å². The molecule has 0 bridgehead atoms. The average Bonchev–Trinajstić information content (AvgIpc) is 3.05. The Balaban J connectivity index is 1.71. The molecule has 0 radical (unpaired) electrons. The lowest BCUT2D eigenvalue weighted by atomic mass is 10.0. The van der Waals surface area contributed by atoms with Gasteiger partial charge in [0.05, 0.1) is 17.5 Å². The highest BCUT2D eigenvalue weighted by Gasteiger charge is 2.25. The number of furan rings is 1. The first-order valence-corrected chi connectivity index (χ1v) is 7.61. The van der Waals surface area contributed by atoms with E-state index in [2.05, 4.69) is 10.3 Å². The van der Waals surface area contributed by atoms with E-state index in [1.165, 1.54) is 0 Å². The zero-order valence-electron chi connectivity index (χ0n) is 13.2. The molecule has 0 unspecified atom stereocenters. The molecule has 6 nitrogen and oxygen atoms in total. The van der Waals surface area contributed by atoms with E-state index in [-0.39, 0.29) is 17.9 Å². The lowest BCUT2D eigenvalue weighted by Gasteiger charge is -2.30. The van der Waals surface area contributed by atoms with E-state index in [0.29, 0.717) is 42.1 Å². The van der Waals surface area contributed by atoms with Crippen molar-refractivity contribution in [1.82, 2.24) is 15.2 Å². The van der Waals surface area contributed by atoms with Gasteiger partial charge in [-0.25, -0.2) is 4.98 Å². The second-order valence-electron chi connectivity index (χ2n) is 5.79. The maximum atomic E-state index is 12.4. The molecular formula is C17H19N3O3. The number of aromatic nitrogens is 1. The summed E-state index contributed by atoms with van der Waals surface area (Å²) >= 11 is 0. The van der Waals surface area contributed by atoms with Crippen molar-refractivity contribution in [2.45, 2.75) is 25.8 Å². The molecule has 2 amide bonds. The van der Waals surface area contributed by atoms with E-state index >= 15 is 0 Å². The summed E-state index contributed by atoms with van der Waals surface area (Å²) in [6.45, 7) is 2.35. The molecule has 2 aromatic rings. The zero-order chi connectivity index (χ0) is 16.4. The van der Waals surface area contributed by atoms with Crippen molar-refractivity contribution < 1.29 is 14.0 Å². The summed E-state index contributed by atoms with van der Waals surface area (Å²) in [5.74, 6) is 0.636. The van der Waals surface area contributed by atoms with E-state index < -0.39 is 0 Å². The first-order valence-electron chi connectivity index (χ1n) is 7.61. The Hall–Kier alpha value is -2.63. The molecule has 1 aliphatic rings. The largest absolute Gasteiger partial charge is 0.463 e. The number of hydrogen-bond donors (Lipinski definition) is 1. The Bertz CT molecular complexity index is 725. The molecule has 0 spiro atoms. The van der Waals surface area contributed by atoms with Crippen LogP contribution in [-0.2, 0) is 4.79 Å². The molecule has 1 fully saturated rings. The third-order valence-electron chi connectivity index (χ3n) is 4.07. The number of likely N-dealkylation sites (N-methyl/N-ethyl adjacent to an activating group) is 1. The fraction of sp³-hybridized carbons (Fsp3) is 0.353. The number of amides is 2. The van der Waals surface area contributed by atoms with Crippen LogP contribution < -0.4 is 5.32 Å². The van der Waals surface area contributed by atoms with Gasteiger partial charge in [-0.3, -0.25) is 9.59 Å². The second kappa shape index (κ2) is 6.24. The van der Waals surface area contributed by atoms with E-state index in [0.717, 1.165) is 0 Å². The van der Waals surface area contributed by atoms with Crippen LogP contribution >= 0.6 is 0 Å². The smallest absolute Gasteiger partial charge is 0.253 e. The standard InChI is InChI=1S/C17H19N3O3/c1-11-13(6-7-14(18-11)15-4-3-9-23-15)17(22)19-12-5-8-16(21)20(2)10-12/h3-4,6-7,9,12H,5,8,10H2,1-2H3,(H,19,22)/t12-/m0/s1. The van der Waals surface area contributed by atoms with Crippen LogP contribution in [0.25, 0.3) is 11.5 Å². The number of nitrogens with zero attached hydrogens (tertiary/aromatic N) is 2. The highest BCUT2D eigenvalue weighted by molar-refractivity contribution is 5.95. The molecule has 120 valence electrons. The number of hydrogen-bond acceptors (Lipinski definition) is 4. The van der Waals surface area contributed by atoms with E-state index in [4.69, 9.17) is 4.42 Å². The van der Waals surface area contributed by atoms with Crippen LogP contribution in [-0.4, -0.2) is 41.3 Å². The van der Waals surface area contributed by atoms with Crippen molar-refractivity contribution in [3.05, 3.63) is 41.8 Å². The van der Waals surface area contributed by atoms with Gasteiger partial charge in [-0.15, -0.1) is 0 Å². The minimum absolute atomic E-state index is 0.0191. The number of carbonyl (C=O) groups is 2. The molecule has 1 aliphatic heterocycles. The molecular weight excluding hydrogens is 294 g/mol. The number of likely N-dealkylation sites (tertiary alicyclic amines) is 1. The van der Waals surface area contributed by atoms with Crippen LogP contribution in [0.5, 0.6) is 0 Å². The highest BCUT2D eigenvalue weighted by Crippen LogP contribution is 2.19. The van der Waals surface area contributed by atoms with Gasteiger partial charge in [0, 0.05) is 26.1 Å². The summed E-state index contributed by atoms with van der Waals surface area (Å²) < 4.78 is 5.32. The third kappa shape index (κ3) is 3.26. The van der Waals surface area contributed by atoms with Crippen LogP contribution in [0, 0.1) is 6.92 Å². The Morgan fingerprint density at radius 2 is 2.22 bits per heavy atom. The molecule has 3 rings (SSSR count). The zero-order valence-corrected chi connectivity index (χ0v) is 13.2. The topological polar surface area (TPSA) is 75.4 Å². The Morgan fingerprint density at radius 3 is 2.87 bits per heavy atom. The first-order chi connectivity index (χ1) is 11.0. The minimum Gasteiger partial charge on any atom is -0.463 e. The molecule has 0 saturated carbocycles. The van der Waals surface area contributed by atoms with Gasteiger partial charge in [-0.05, 0) is 37.6 Å². The van der Waals surface area contributed by atoms with Gasteiger partial charge in [0.2, 0.25) is 5.91 Å². The molecule has 1 N–H and O–H groups in total. The molecule has 2 aromatic heterocycles. The third-order valence-corrected chi connectivity index (χ3v) is 4.07. The van der Waals surface area contributed by atoms with Gasteiger partial charge >= 0.3 is 0 Å². The van der Waals surface area contributed by atoms with Gasteiger partial charge < -0.3 is 14.6 Å². The van der Waals surface area contributed by atoms with Crippen molar-refractivity contribution in [3.63, 3.8) is 0 Å². The van der Waals surface area contributed by atoms with Crippen LogP contribution in [0.1, 0.15) is 28.9 Å².